The van der Waals surface area contributed by atoms with Gasteiger partial charge in [-0.05, 0) is 93.4 Å². The minimum Gasteiger partial charge on any atom is -0.748 e. The summed E-state index contributed by atoms with van der Waals surface area (Å²) in [6.07, 6.45) is 11.8. The Labute approximate surface area is 384 Å². The molecule has 5 rings (SSSR count). The van der Waals surface area contributed by atoms with Crippen LogP contribution in [0.5, 0.6) is 0 Å². The van der Waals surface area contributed by atoms with Crippen LogP contribution in [0.4, 0.5) is 11.4 Å². The van der Waals surface area contributed by atoms with Crippen LogP contribution in [0.2, 0.25) is 0 Å². The van der Waals surface area contributed by atoms with Crippen molar-refractivity contribution < 1.29 is 56.4 Å². The molecule has 2 heterocycles. The number of anilines is 1. The fraction of sp³-hybridized carbons (Fsp3) is 0.409. The van der Waals surface area contributed by atoms with Crippen molar-refractivity contribution >= 4 is 63.9 Å². The lowest BCUT2D eigenvalue weighted by molar-refractivity contribution is -0.437. The fourth-order valence-corrected chi connectivity index (χ4v) is 9.59. The molecule has 65 heavy (non-hydrogen) atoms. The van der Waals surface area contributed by atoms with Gasteiger partial charge in [-0.2, -0.15) is 13.0 Å². The highest BCUT2D eigenvalue weighted by atomic mass is 32.2. The molecule has 0 saturated carbocycles. The van der Waals surface area contributed by atoms with Crippen LogP contribution in [0.1, 0.15) is 82.6 Å². The molecule has 4 N–H and O–H groups in total. The Morgan fingerprint density at radius 3 is 2.11 bits per heavy atom. The van der Waals surface area contributed by atoms with Crippen molar-refractivity contribution in [3.8, 4) is 0 Å². The first-order valence-electron chi connectivity index (χ1n) is 20.7. The molecule has 0 spiro atoms. The molecule has 0 atom stereocenters. The Kier molecular flexibility index (Phi) is 17.5. The van der Waals surface area contributed by atoms with Gasteiger partial charge in [-0.25, -0.2) is 22.0 Å². The number of benzene rings is 3. The molecule has 0 fully saturated rings. The zero-order valence-electron chi connectivity index (χ0n) is 37.2. The summed E-state index contributed by atoms with van der Waals surface area (Å²) < 4.78 is 119. The van der Waals surface area contributed by atoms with Gasteiger partial charge in [0.05, 0.1) is 25.3 Å². The van der Waals surface area contributed by atoms with Crippen molar-refractivity contribution in [2.24, 2.45) is 5.14 Å². The van der Waals surface area contributed by atoms with E-state index < -0.39 is 57.5 Å². The van der Waals surface area contributed by atoms with Crippen LogP contribution in [0.25, 0.3) is 0 Å². The number of nitrogens with two attached hydrogens (primary N) is 1. The van der Waals surface area contributed by atoms with Gasteiger partial charge in [-0.15, -0.1) is 12.6 Å². The molecule has 0 unspecified atom stereocenters. The van der Waals surface area contributed by atoms with Crippen LogP contribution in [0.15, 0.2) is 107 Å². The molecule has 0 aliphatic carbocycles. The first-order valence-corrected chi connectivity index (χ1v) is 26.2. The zero-order valence-corrected chi connectivity index (χ0v) is 40.5. The van der Waals surface area contributed by atoms with E-state index >= 15 is 0 Å². The van der Waals surface area contributed by atoms with Crippen molar-refractivity contribution in [1.29, 1.82) is 0 Å². The molecule has 0 radical (unpaired) electrons. The third-order valence-corrected chi connectivity index (χ3v) is 13.8. The lowest BCUT2D eigenvalue weighted by Gasteiger charge is -2.27. The molecule has 0 aromatic heterocycles. The monoisotopic (exact) mass is 975 g/mol. The van der Waals surface area contributed by atoms with Gasteiger partial charge in [0.25, 0.3) is 10.1 Å². The summed E-state index contributed by atoms with van der Waals surface area (Å²) in [6.45, 7) is 13.0. The maximum absolute atomic E-state index is 12.5. The summed E-state index contributed by atoms with van der Waals surface area (Å²) in [5, 5.41) is 8.02. The number of allylic oxidation sites excluding steroid dienone is 6. The Morgan fingerprint density at radius 1 is 0.877 bits per heavy atom. The Morgan fingerprint density at radius 2 is 1.51 bits per heavy atom. The fourth-order valence-electron chi connectivity index (χ4n) is 8.08. The van der Waals surface area contributed by atoms with Gasteiger partial charge in [0.15, 0.2) is 5.71 Å². The number of sulfonamides is 1. The second-order valence-corrected chi connectivity index (χ2v) is 21.8. The Balaban J connectivity index is 0.00000222. The summed E-state index contributed by atoms with van der Waals surface area (Å²) in [6, 6.07) is 17.0. The molecule has 1 amide bonds. The van der Waals surface area contributed by atoms with Crippen LogP contribution in [0, 0.1) is 0 Å². The van der Waals surface area contributed by atoms with E-state index in [2.05, 4.69) is 46.5 Å². The van der Waals surface area contributed by atoms with E-state index in [0.717, 1.165) is 58.0 Å². The minimum atomic E-state index is -4.40. The Hall–Kier alpha value is -4.87. The number of carbonyl (C=O) groups is 1. The summed E-state index contributed by atoms with van der Waals surface area (Å²) >= 11 is 0. The summed E-state index contributed by atoms with van der Waals surface area (Å²) in [4.78, 5) is 16.6. The highest BCUT2D eigenvalue weighted by Gasteiger charge is 2.45. The predicted molar refractivity (Wildman–Crippen MR) is 247 cm³/mol. The third kappa shape index (κ3) is 14.3. The van der Waals surface area contributed by atoms with Gasteiger partial charge < -0.3 is 19.7 Å². The molecule has 3 aromatic carbocycles. The van der Waals surface area contributed by atoms with Crippen molar-refractivity contribution in [2.45, 2.75) is 94.0 Å². The van der Waals surface area contributed by atoms with Crippen LogP contribution in [0.3, 0.4) is 0 Å². The maximum Gasteiger partial charge on any atom is 0.425 e. The van der Waals surface area contributed by atoms with Crippen molar-refractivity contribution in [3.63, 3.8) is 0 Å². The number of hydrogen-bond acceptors (Lipinski definition) is 13. The largest absolute Gasteiger partial charge is 0.748 e. The summed E-state index contributed by atoms with van der Waals surface area (Å²) in [5.41, 5.74) is 6.44. The molecular formula is C44H57N5O12S4. The van der Waals surface area contributed by atoms with Crippen molar-refractivity contribution in [1.82, 2.24) is 10.2 Å². The number of fused-ring (bicyclic) bond motifs is 2. The molecule has 17 nitrogen and oxygen atoms in total. The van der Waals surface area contributed by atoms with Gasteiger partial charge in [0, 0.05) is 72.7 Å². The molecule has 0 bridgehead atoms. The van der Waals surface area contributed by atoms with Gasteiger partial charge in [-0.1, -0.05) is 63.3 Å². The van der Waals surface area contributed by atoms with Gasteiger partial charge in [-0.3, -0.25) is 9.35 Å². The van der Waals surface area contributed by atoms with Crippen molar-refractivity contribution in [3.05, 3.63) is 119 Å². The Bertz CT molecular complexity index is 2830. The number of hydrogen-bond donors (Lipinski definition) is 3. The number of nitrogens with one attached hydrogen (secondary N) is 1. The number of primary sulfonamides is 1. The first kappa shape index (κ1) is 52.8. The predicted octanol–water partition coefficient (Wildman–Crippen LogP) is 4.62. The maximum atomic E-state index is 12.5. The first-order chi connectivity index (χ1) is 30.2. The second-order valence-electron chi connectivity index (χ2n) is 16.9. The molecule has 3 aromatic rings. The topological polar surface area (TPSA) is 262 Å². The van der Waals surface area contributed by atoms with E-state index in [4.69, 9.17) is 17.8 Å². The quantitative estimate of drug-likeness (QED) is 0.0842. The van der Waals surface area contributed by atoms with Crippen molar-refractivity contribution in [2.75, 3.05) is 37.3 Å². The van der Waals surface area contributed by atoms with Gasteiger partial charge in [0.1, 0.15) is 6.54 Å². The number of amides is 1. The van der Waals surface area contributed by atoms with Gasteiger partial charge in [0.2, 0.25) is 21.6 Å². The summed E-state index contributed by atoms with van der Waals surface area (Å²) in [7, 11) is -13.7. The average molecular weight is 976 g/mol. The normalized spacial score (nSPS) is 16.3. The van der Waals surface area contributed by atoms with E-state index in [1.165, 1.54) is 18.2 Å². The molecule has 354 valence electrons. The van der Waals surface area contributed by atoms with Crippen LogP contribution >= 0.6 is 0 Å². The molecule has 2 aliphatic heterocycles. The van der Waals surface area contributed by atoms with E-state index in [9.17, 15) is 39.2 Å². The van der Waals surface area contributed by atoms with E-state index in [0.29, 0.717) is 32.5 Å². The molecular weight excluding hydrogens is 919 g/mol. The number of rotatable bonds is 19. The number of carbonyl (C=O) groups excluding carboxylic acids is 1. The lowest BCUT2D eigenvalue weighted by atomic mass is 9.81. The van der Waals surface area contributed by atoms with Crippen LogP contribution < -0.4 is 15.4 Å². The second kappa shape index (κ2) is 21.6. The highest BCUT2D eigenvalue weighted by molar-refractivity contribution is 7.89. The molecule has 2 aliphatic rings. The lowest BCUT2D eigenvalue weighted by Crippen LogP contribution is -2.28. The highest BCUT2D eigenvalue weighted by Crippen LogP contribution is 2.48. The summed E-state index contributed by atoms with van der Waals surface area (Å²) in [5.74, 6) is -0.587. The standard InChI is InChI=1S/C44H57N5O9S3.O3S/c1-7-24-48-39-23-21-35(61(56,57)58)29-37(39)44(4,5)40(48)13-9-8-10-14-41-43(2,3)36-28-33(18-22-38(36)49(41)26-12-27-59(51,52)53)31-47(6)25-11-15-42(50)46-30-32-16-19-34(20-17-32)60(45,54)55;1-4(2)3/h8-10,13-14,16-23,28-29H,7,11-12,15,24-27,30-31H2,1-6H3,(H4-,45,46,50,51,52,53,54,55,56,57,58);. The SMILES string of the molecule is CCC[N+]1=C(C=CC=CC=C2N(CCCS(=O)(=O)[O-])c3ccc(CN(C)CCCC(=O)NCc4ccc(S(N)(=O)=O)cc4)cc3C2(C)C)C(C)(C)c2cc(S(=O)(=O)O)ccc21.O=S(=O)=O. The average Bonchev–Trinajstić information content (AvgIpc) is 3.53. The third-order valence-electron chi connectivity index (χ3n) is 11.2. The zero-order chi connectivity index (χ0) is 48.5. The van der Waals surface area contributed by atoms with Crippen LogP contribution in [-0.2, 0) is 69.6 Å². The number of nitrogens with zero attached hydrogens (tertiary/aromatic N) is 3. The van der Waals surface area contributed by atoms with E-state index in [1.807, 2.05) is 63.4 Å². The molecule has 21 heteroatoms. The van der Waals surface area contributed by atoms with E-state index in [1.54, 1.807) is 24.3 Å². The molecule has 0 saturated heterocycles. The van der Waals surface area contributed by atoms with Crippen LogP contribution in [-0.4, -0.2) is 101 Å². The minimum absolute atomic E-state index is 0.0115. The smallest absolute Gasteiger partial charge is 0.425 e. The van der Waals surface area contributed by atoms with E-state index in [-0.39, 0.29) is 28.7 Å². The van der Waals surface area contributed by atoms with Gasteiger partial charge >= 0.3 is 10.6 Å².